The summed E-state index contributed by atoms with van der Waals surface area (Å²) < 4.78 is 0. The molecular weight excluding hydrogens is 222 g/mol. The highest BCUT2D eigenvalue weighted by Crippen LogP contribution is 2.32. The number of nitrogens with zero attached hydrogens (tertiary/aromatic N) is 2. The number of fused-ring (bicyclic) bond motifs is 1. The molecule has 1 saturated carbocycles. The second-order valence-corrected chi connectivity index (χ2v) is 6.81. The smallest absolute Gasteiger partial charge is 0.0145 e. The number of nitrogens with two attached hydrogens (primary N) is 1. The van der Waals surface area contributed by atoms with Crippen molar-refractivity contribution in [2.75, 3.05) is 26.7 Å². The Labute approximate surface area is 112 Å². The van der Waals surface area contributed by atoms with E-state index in [-0.39, 0.29) is 0 Å². The van der Waals surface area contributed by atoms with E-state index in [1.165, 1.54) is 64.6 Å². The third-order valence-electron chi connectivity index (χ3n) is 5.58. The first-order valence-corrected chi connectivity index (χ1v) is 7.94. The van der Waals surface area contributed by atoms with Gasteiger partial charge in [0.05, 0.1) is 0 Å². The Kier molecular flexibility index (Phi) is 3.92. The van der Waals surface area contributed by atoms with Crippen molar-refractivity contribution in [1.29, 1.82) is 0 Å². The van der Waals surface area contributed by atoms with E-state index >= 15 is 0 Å². The fourth-order valence-corrected chi connectivity index (χ4v) is 4.54. The molecule has 3 fully saturated rings. The Bertz CT molecular complexity index is 279. The molecule has 3 nitrogen and oxygen atoms in total. The molecule has 2 N–H and O–H groups in total. The molecule has 4 unspecified atom stereocenters. The van der Waals surface area contributed by atoms with Crippen LogP contribution in [0.1, 0.15) is 44.9 Å². The fourth-order valence-electron chi connectivity index (χ4n) is 4.54. The molecule has 18 heavy (non-hydrogen) atoms. The van der Waals surface area contributed by atoms with E-state index in [1.54, 1.807) is 0 Å². The summed E-state index contributed by atoms with van der Waals surface area (Å²) >= 11 is 0. The highest BCUT2D eigenvalue weighted by atomic mass is 15.2. The van der Waals surface area contributed by atoms with E-state index in [0.717, 1.165) is 18.0 Å². The van der Waals surface area contributed by atoms with Crippen molar-refractivity contribution >= 4 is 0 Å². The van der Waals surface area contributed by atoms with Crippen LogP contribution in [0.2, 0.25) is 0 Å². The fraction of sp³-hybridized carbons (Fsp3) is 1.00. The average molecular weight is 251 g/mol. The first-order valence-electron chi connectivity index (χ1n) is 7.94. The predicted octanol–water partition coefficient (Wildman–Crippen LogP) is 1.67. The van der Waals surface area contributed by atoms with Crippen molar-refractivity contribution in [2.24, 2.45) is 11.7 Å². The maximum atomic E-state index is 6.15. The molecule has 2 heterocycles. The van der Waals surface area contributed by atoms with E-state index in [4.69, 9.17) is 5.73 Å². The molecule has 0 aromatic heterocycles. The van der Waals surface area contributed by atoms with Crippen molar-refractivity contribution in [2.45, 2.75) is 63.1 Å². The van der Waals surface area contributed by atoms with Crippen LogP contribution in [0.3, 0.4) is 0 Å². The van der Waals surface area contributed by atoms with Gasteiger partial charge < -0.3 is 10.6 Å². The van der Waals surface area contributed by atoms with Gasteiger partial charge in [0.2, 0.25) is 0 Å². The quantitative estimate of drug-likeness (QED) is 0.769. The van der Waals surface area contributed by atoms with Crippen LogP contribution in [0.5, 0.6) is 0 Å². The van der Waals surface area contributed by atoms with Gasteiger partial charge in [0.1, 0.15) is 0 Å². The Morgan fingerprint density at radius 2 is 1.89 bits per heavy atom. The number of piperidine rings is 2. The number of rotatable bonds is 1. The minimum Gasteiger partial charge on any atom is -0.328 e. The van der Waals surface area contributed by atoms with Gasteiger partial charge in [-0.1, -0.05) is 6.42 Å². The molecule has 3 rings (SSSR count). The third kappa shape index (κ3) is 2.59. The second kappa shape index (κ2) is 5.48. The first-order chi connectivity index (χ1) is 8.74. The van der Waals surface area contributed by atoms with Crippen LogP contribution in [0.4, 0.5) is 0 Å². The van der Waals surface area contributed by atoms with Crippen LogP contribution in [0, 0.1) is 5.92 Å². The van der Waals surface area contributed by atoms with Crippen molar-refractivity contribution in [3.8, 4) is 0 Å². The lowest BCUT2D eigenvalue weighted by Gasteiger charge is -2.49. The van der Waals surface area contributed by atoms with Gasteiger partial charge in [-0.05, 0) is 64.6 Å². The average Bonchev–Trinajstić information content (AvgIpc) is 2.39. The van der Waals surface area contributed by atoms with Gasteiger partial charge in [0.25, 0.3) is 0 Å². The van der Waals surface area contributed by atoms with Gasteiger partial charge in [-0.15, -0.1) is 0 Å². The third-order valence-corrected chi connectivity index (χ3v) is 5.58. The minimum absolute atomic E-state index is 0.468. The first kappa shape index (κ1) is 12.9. The van der Waals surface area contributed by atoms with Crippen LogP contribution in [-0.4, -0.2) is 54.6 Å². The van der Waals surface area contributed by atoms with Gasteiger partial charge >= 0.3 is 0 Å². The molecule has 104 valence electrons. The largest absolute Gasteiger partial charge is 0.328 e. The molecule has 3 heteroatoms. The van der Waals surface area contributed by atoms with E-state index in [0.29, 0.717) is 6.04 Å². The zero-order chi connectivity index (χ0) is 12.5. The Morgan fingerprint density at radius 1 is 1.00 bits per heavy atom. The molecule has 0 bridgehead atoms. The van der Waals surface area contributed by atoms with Gasteiger partial charge in [0, 0.05) is 24.7 Å². The standard InChI is InChI=1S/C15H29N3/c1-17-8-3-4-12-11-18(9-7-15(12)17)14-6-2-5-13(16)10-14/h12-15H,2-11,16H2,1H3. The summed E-state index contributed by atoms with van der Waals surface area (Å²) in [7, 11) is 2.32. The Balaban J connectivity index is 1.59. The normalized spacial score (nSPS) is 43.7. The highest BCUT2D eigenvalue weighted by molar-refractivity contribution is 4.92. The molecule has 0 aromatic rings. The summed E-state index contributed by atoms with van der Waals surface area (Å²) in [6, 6.07) is 2.13. The van der Waals surface area contributed by atoms with E-state index in [9.17, 15) is 0 Å². The lowest BCUT2D eigenvalue weighted by molar-refractivity contribution is 0.0109. The lowest BCUT2D eigenvalue weighted by Crippen LogP contribution is -2.55. The van der Waals surface area contributed by atoms with Crippen LogP contribution >= 0.6 is 0 Å². The van der Waals surface area contributed by atoms with Gasteiger partial charge in [-0.25, -0.2) is 0 Å². The predicted molar refractivity (Wildman–Crippen MR) is 75.6 cm³/mol. The topological polar surface area (TPSA) is 32.5 Å². The summed E-state index contributed by atoms with van der Waals surface area (Å²) in [6.07, 6.45) is 9.45. The Morgan fingerprint density at radius 3 is 2.72 bits per heavy atom. The summed E-state index contributed by atoms with van der Waals surface area (Å²) in [5, 5.41) is 0. The molecule has 0 aromatic carbocycles. The van der Waals surface area contributed by atoms with Gasteiger partial charge in [-0.3, -0.25) is 4.90 Å². The van der Waals surface area contributed by atoms with Crippen LogP contribution < -0.4 is 5.73 Å². The number of hydrogen-bond donors (Lipinski definition) is 1. The van der Waals surface area contributed by atoms with Gasteiger partial charge in [-0.2, -0.15) is 0 Å². The maximum absolute atomic E-state index is 6.15. The summed E-state index contributed by atoms with van der Waals surface area (Å²) in [4.78, 5) is 5.39. The molecular formula is C15H29N3. The maximum Gasteiger partial charge on any atom is 0.0145 e. The summed E-state index contributed by atoms with van der Waals surface area (Å²) in [6.45, 7) is 3.96. The molecule has 0 radical (unpaired) electrons. The van der Waals surface area contributed by atoms with Crippen molar-refractivity contribution in [3.63, 3.8) is 0 Å². The molecule has 0 spiro atoms. The SMILES string of the molecule is CN1CCCC2CN(C3CCCC(N)C3)CCC21. The summed E-state index contributed by atoms with van der Waals surface area (Å²) in [5.74, 6) is 0.927. The van der Waals surface area contributed by atoms with E-state index < -0.39 is 0 Å². The lowest BCUT2D eigenvalue weighted by atomic mass is 9.82. The van der Waals surface area contributed by atoms with E-state index in [2.05, 4.69) is 16.8 Å². The minimum atomic E-state index is 0.468. The zero-order valence-electron chi connectivity index (χ0n) is 11.9. The highest BCUT2D eigenvalue weighted by Gasteiger charge is 2.37. The van der Waals surface area contributed by atoms with Crippen molar-refractivity contribution in [1.82, 2.24) is 9.80 Å². The number of likely N-dealkylation sites (tertiary alicyclic amines) is 2. The molecule has 4 atom stereocenters. The molecule has 3 aliphatic rings. The van der Waals surface area contributed by atoms with Crippen LogP contribution in [0.15, 0.2) is 0 Å². The van der Waals surface area contributed by atoms with E-state index in [1.807, 2.05) is 0 Å². The zero-order valence-corrected chi connectivity index (χ0v) is 11.9. The van der Waals surface area contributed by atoms with Gasteiger partial charge in [0.15, 0.2) is 0 Å². The molecule has 2 aliphatic heterocycles. The van der Waals surface area contributed by atoms with Crippen molar-refractivity contribution < 1.29 is 0 Å². The molecule has 1 aliphatic carbocycles. The van der Waals surface area contributed by atoms with Crippen LogP contribution in [0.25, 0.3) is 0 Å². The van der Waals surface area contributed by atoms with Crippen LogP contribution in [-0.2, 0) is 0 Å². The second-order valence-electron chi connectivity index (χ2n) is 6.81. The molecule has 0 amide bonds. The number of hydrogen-bond acceptors (Lipinski definition) is 3. The monoisotopic (exact) mass is 251 g/mol. The summed E-state index contributed by atoms with van der Waals surface area (Å²) in [5.41, 5.74) is 6.15. The molecule has 2 saturated heterocycles. The Hall–Kier alpha value is -0.120. The van der Waals surface area contributed by atoms with Crippen molar-refractivity contribution in [3.05, 3.63) is 0 Å².